The minimum Gasteiger partial charge on any atom is -0.549 e. The third kappa shape index (κ3) is 5.59. The van der Waals surface area contributed by atoms with E-state index in [9.17, 15) is 9.90 Å². The molecule has 1 unspecified atom stereocenters. The molecule has 1 atom stereocenters. The lowest BCUT2D eigenvalue weighted by Crippen LogP contribution is -2.36. The zero-order valence-corrected chi connectivity index (χ0v) is 14.0. The minimum absolute atomic E-state index is 0.0932. The number of carbonyl (C=O) groups excluding carboxylic acids is 1. The summed E-state index contributed by atoms with van der Waals surface area (Å²) in [5.74, 6) is 0.435. The van der Waals surface area contributed by atoms with Gasteiger partial charge >= 0.3 is 0 Å². The molecule has 5 heteroatoms. The molecule has 0 aliphatic heterocycles. The van der Waals surface area contributed by atoms with Crippen LogP contribution in [0.3, 0.4) is 0 Å². The van der Waals surface area contributed by atoms with Crippen LogP contribution in [-0.2, 0) is 4.79 Å². The van der Waals surface area contributed by atoms with Gasteiger partial charge in [0.05, 0.1) is 13.1 Å². The van der Waals surface area contributed by atoms with Gasteiger partial charge in [0, 0.05) is 19.5 Å². The van der Waals surface area contributed by atoms with Gasteiger partial charge in [-0.15, -0.1) is 0 Å². The van der Waals surface area contributed by atoms with Gasteiger partial charge in [-0.3, -0.25) is 0 Å². The number of carboxylic acids is 1. The first-order chi connectivity index (χ1) is 11.6. The maximum Gasteiger partial charge on any atom is 0.125 e. The van der Waals surface area contributed by atoms with Crippen LogP contribution in [0.5, 0.6) is 11.5 Å². The van der Waals surface area contributed by atoms with E-state index in [1.807, 2.05) is 54.6 Å². The van der Waals surface area contributed by atoms with E-state index < -0.39 is 5.97 Å². The van der Waals surface area contributed by atoms with Gasteiger partial charge in [-0.25, -0.2) is 0 Å². The normalized spacial score (nSPS) is 12.0. The number of aliphatic carboxylic acids is 1. The number of carbonyl (C=O) groups is 1. The molecule has 0 bridgehead atoms. The summed E-state index contributed by atoms with van der Waals surface area (Å²) < 4.78 is 11.3. The lowest BCUT2D eigenvalue weighted by molar-refractivity contribution is -0.306. The summed E-state index contributed by atoms with van der Waals surface area (Å²) in [4.78, 5) is 12.4. The number of carboxylic acid groups (broad SMARTS) is 1. The third-order valence-electron chi connectivity index (χ3n) is 3.68. The zero-order valence-electron chi connectivity index (χ0n) is 14.0. The predicted molar refractivity (Wildman–Crippen MR) is 89.9 cm³/mol. The van der Waals surface area contributed by atoms with E-state index in [2.05, 4.69) is 0 Å². The summed E-state index contributed by atoms with van der Waals surface area (Å²) in [5.41, 5.74) is 1.05. The number of methoxy groups -OCH3 is 1. The SMILES string of the molecule is COc1ccc(OC(CCN(C)CC(=O)[O-])c2ccccc2)cc1. The van der Waals surface area contributed by atoms with E-state index in [1.54, 1.807) is 19.1 Å². The van der Waals surface area contributed by atoms with E-state index in [4.69, 9.17) is 9.47 Å². The van der Waals surface area contributed by atoms with Crippen molar-refractivity contribution in [1.29, 1.82) is 0 Å². The molecule has 0 fully saturated rings. The Kier molecular flexibility index (Phi) is 6.63. The maximum atomic E-state index is 10.7. The molecule has 0 N–H and O–H groups in total. The largest absolute Gasteiger partial charge is 0.549 e. The Morgan fingerprint density at radius 2 is 1.71 bits per heavy atom. The van der Waals surface area contributed by atoms with Crippen LogP contribution in [0.25, 0.3) is 0 Å². The molecule has 2 aromatic carbocycles. The first-order valence-corrected chi connectivity index (χ1v) is 7.82. The Balaban J connectivity index is 2.06. The Labute approximate surface area is 142 Å². The van der Waals surface area contributed by atoms with Crippen LogP contribution in [-0.4, -0.2) is 38.1 Å². The van der Waals surface area contributed by atoms with Crippen LogP contribution in [0.2, 0.25) is 0 Å². The van der Waals surface area contributed by atoms with Gasteiger partial charge in [0.1, 0.15) is 17.6 Å². The van der Waals surface area contributed by atoms with Crippen molar-refractivity contribution in [3.63, 3.8) is 0 Å². The standard InChI is InChI=1S/C19H23NO4/c1-20(14-19(21)22)13-12-18(15-6-4-3-5-7-15)24-17-10-8-16(23-2)9-11-17/h3-11,18H,12-14H2,1-2H3,(H,21,22)/p-1. The van der Waals surface area contributed by atoms with Gasteiger partial charge in [0.25, 0.3) is 0 Å². The fourth-order valence-electron chi connectivity index (χ4n) is 2.42. The highest BCUT2D eigenvalue weighted by Gasteiger charge is 2.14. The van der Waals surface area contributed by atoms with Crippen molar-refractivity contribution in [3.05, 3.63) is 60.2 Å². The molecule has 0 aromatic heterocycles. The summed E-state index contributed by atoms with van der Waals surface area (Å²) in [5, 5.41) is 10.7. The van der Waals surface area contributed by atoms with Crippen LogP contribution < -0.4 is 14.6 Å². The van der Waals surface area contributed by atoms with Gasteiger partial charge in [-0.1, -0.05) is 30.3 Å². The first kappa shape index (κ1) is 17.8. The van der Waals surface area contributed by atoms with E-state index in [-0.39, 0.29) is 12.6 Å². The van der Waals surface area contributed by atoms with Crippen molar-refractivity contribution in [2.24, 2.45) is 0 Å². The molecule has 0 aliphatic carbocycles. The molecule has 24 heavy (non-hydrogen) atoms. The molecular formula is C19H22NO4-. The van der Waals surface area contributed by atoms with Gasteiger partial charge < -0.3 is 24.3 Å². The molecule has 0 aliphatic rings. The summed E-state index contributed by atoms with van der Waals surface area (Å²) in [6.45, 7) is 0.494. The molecule has 0 radical (unpaired) electrons. The summed E-state index contributed by atoms with van der Waals surface area (Å²) in [6, 6.07) is 17.3. The van der Waals surface area contributed by atoms with Crippen molar-refractivity contribution in [3.8, 4) is 11.5 Å². The zero-order chi connectivity index (χ0) is 17.4. The molecule has 128 valence electrons. The lowest BCUT2D eigenvalue weighted by atomic mass is 10.1. The number of ether oxygens (including phenoxy) is 2. The van der Waals surface area contributed by atoms with Crippen molar-refractivity contribution in [2.75, 3.05) is 27.2 Å². The number of hydrogen-bond donors (Lipinski definition) is 0. The Morgan fingerprint density at radius 1 is 1.08 bits per heavy atom. The van der Waals surface area contributed by atoms with Crippen LogP contribution in [0.1, 0.15) is 18.1 Å². The van der Waals surface area contributed by atoms with Crippen molar-refractivity contribution < 1.29 is 19.4 Å². The maximum absolute atomic E-state index is 10.7. The van der Waals surface area contributed by atoms with Gasteiger partial charge in [-0.05, 0) is 36.9 Å². The predicted octanol–water partition coefficient (Wildman–Crippen LogP) is 1.89. The highest BCUT2D eigenvalue weighted by molar-refractivity contribution is 5.66. The Morgan fingerprint density at radius 3 is 2.29 bits per heavy atom. The van der Waals surface area contributed by atoms with Crippen molar-refractivity contribution >= 4 is 5.97 Å². The highest BCUT2D eigenvalue weighted by Crippen LogP contribution is 2.26. The van der Waals surface area contributed by atoms with Crippen molar-refractivity contribution in [1.82, 2.24) is 4.90 Å². The molecule has 0 saturated carbocycles. The monoisotopic (exact) mass is 328 g/mol. The van der Waals surface area contributed by atoms with Gasteiger partial charge in [0.15, 0.2) is 0 Å². The van der Waals surface area contributed by atoms with E-state index >= 15 is 0 Å². The Bertz CT molecular complexity index is 628. The molecule has 2 rings (SSSR count). The molecule has 0 amide bonds. The summed E-state index contributed by atoms with van der Waals surface area (Å²) in [6.07, 6.45) is 0.503. The second-order valence-electron chi connectivity index (χ2n) is 5.59. The van der Waals surface area contributed by atoms with E-state index in [0.29, 0.717) is 13.0 Å². The number of rotatable bonds is 9. The molecule has 0 heterocycles. The van der Waals surface area contributed by atoms with Crippen LogP contribution in [0, 0.1) is 0 Å². The quantitative estimate of drug-likeness (QED) is 0.703. The second-order valence-corrected chi connectivity index (χ2v) is 5.59. The second kappa shape index (κ2) is 8.93. The fraction of sp³-hybridized carbons (Fsp3) is 0.316. The lowest BCUT2D eigenvalue weighted by Gasteiger charge is -2.23. The topological polar surface area (TPSA) is 61.8 Å². The number of nitrogens with zero attached hydrogens (tertiary/aromatic N) is 1. The van der Waals surface area contributed by atoms with Crippen LogP contribution >= 0.6 is 0 Å². The van der Waals surface area contributed by atoms with Gasteiger partial charge in [-0.2, -0.15) is 0 Å². The minimum atomic E-state index is -1.08. The molecule has 2 aromatic rings. The molecular weight excluding hydrogens is 306 g/mol. The summed E-state index contributed by atoms with van der Waals surface area (Å²) >= 11 is 0. The van der Waals surface area contributed by atoms with Crippen molar-refractivity contribution in [2.45, 2.75) is 12.5 Å². The Hall–Kier alpha value is -2.53. The number of hydrogen-bond acceptors (Lipinski definition) is 5. The smallest absolute Gasteiger partial charge is 0.125 e. The molecule has 0 spiro atoms. The summed E-state index contributed by atoms with van der Waals surface area (Å²) in [7, 11) is 3.38. The average Bonchev–Trinajstić information content (AvgIpc) is 2.59. The highest BCUT2D eigenvalue weighted by atomic mass is 16.5. The fourth-order valence-corrected chi connectivity index (χ4v) is 2.42. The van der Waals surface area contributed by atoms with Gasteiger partial charge in [0.2, 0.25) is 0 Å². The third-order valence-corrected chi connectivity index (χ3v) is 3.68. The van der Waals surface area contributed by atoms with E-state index in [0.717, 1.165) is 17.1 Å². The number of benzene rings is 2. The number of likely N-dealkylation sites (N-methyl/N-ethyl adjacent to an activating group) is 1. The molecule has 5 nitrogen and oxygen atoms in total. The van der Waals surface area contributed by atoms with Crippen LogP contribution in [0.4, 0.5) is 0 Å². The van der Waals surface area contributed by atoms with Crippen LogP contribution in [0.15, 0.2) is 54.6 Å². The van der Waals surface area contributed by atoms with E-state index in [1.165, 1.54) is 0 Å². The average molecular weight is 328 g/mol. The molecule has 0 saturated heterocycles. The first-order valence-electron chi connectivity index (χ1n) is 7.82.